The zero-order valence-corrected chi connectivity index (χ0v) is 18.2. The highest BCUT2D eigenvalue weighted by atomic mass is 19.1. The number of carbonyl (C=O) groups is 1. The Kier molecular flexibility index (Phi) is 6.15. The molecule has 1 aliphatic heterocycles. The van der Waals surface area contributed by atoms with Crippen LogP contribution >= 0.6 is 0 Å². The minimum atomic E-state index is -0.327. The summed E-state index contributed by atoms with van der Waals surface area (Å²) in [7, 11) is 0. The third kappa shape index (κ3) is 4.84. The number of hydrogen-bond donors (Lipinski definition) is 1. The van der Waals surface area contributed by atoms with E-state index in [4.69, 9.17) is 9.51 Å². The lowest BCUT2D eigenvalue weighted by Crippen LogP contribution is -2.39. The van der Waals surface area contributed by atoms with E-state index >= 15 is 0 Å². The molecule has 7 nitrogen and oxygen atoms in total. The van der Waals surface area contributed by atoms with Crippen LogP contribution in [-0.4, -0.2) is 34.1 Å². The summed E-state index contributed by atoms with van der Waals surface area (Å²) in [5.41, 5.74) is 1.68. The standard InChI is InChI=1S/C23H28FN5O2/c1-14-10-15(2)13-29(12-14)22-21-16(3)28-31-23(21)27-19(26-22)8-9-20(30)25-11-17-6-4-5-7-18(17)24/h4-7,14-15H,8-13H2,1-3H3,(H,25,30). The molecule has 2 unspecified atom stereocenters. The average Bonchev–Trinajstić information content (AvgIpc) is 3.11. The molecule has 164 valence electrons. The monoisotopic (exact) mass is 425 g/mol. The van der Waals surface area contributed by atoms with E-state index in [1.807, 2.05) is 6.92 Å². The van der Waals surface area contributed by atoms with E-state index in [-0.39, 0.29) is 24.7 Å². The fourth-order valence-corrected chi connectivity index (χ4v) is 4.34. The Balaban J connectivity index is 1.48. The van der Waals surface area contributed by atoms with Crippen molar-refractivity contribution in [2.45, 2.75) is 46.6 Å². The number of anilines is 1. The topological polar surface area (TPSA) is 84.1 Å². The number of aryl methyl sites for hydroxylation is 2. The van der Waals surface area contributed by atoms with Crippen LogP contribution in [0.15, 0.2) is 28.8 Å². The highest BCUT2D eigenvalue weighted by Crippen LogP contribution is 2.31. The lowest BCUT2D eigenvalue weighted by Gasteiger charge is -2.36. The van der Waals surface area contributed by atoms with Gasteiger partial charge >= 0.3 is 0 Å². The van der Waals surface area contributed by atoms with Crippen LogP contribution in [0.3, 0.4) is 0 Å². The highest BCUT2D eigenvalue weighted by molar-refractivity contribution is 5.88. The average molecular weight is 426 g/mol. The minimum absolute atomic E-state index is 0.154. The molecule has 3 heterocycles. The van der Waals surface area contributed by atoms with E-state index in [1.165, 1.54) is 12.5 Å². The van der Waals surface area contributed by atoms with E-state index in [1.54, 1.807) is 18.2 Å². The van der Waals surface area contributed by atoms with Crippen LogP contribution in [0.1, 0.15) is 43.8 Å². The van der Waals surface area contributed by atoms with Gasteiger partial charge in [-0.1, -0.05) is 37.2 Å². The first-order chi connectivity index (χ1) is 14.9. The molecule has 1 fully saturated rings. The maximum absolute atomic E-state index is 13.7. The SMILES string of the molecule is Cc1noc2nc(CCC(=O)NCc3ccccc3F)nc(N3CC(C)CC(C)C3)c12. The van der Waals surface area contributed by atoms with Crippen LogP contribution in [0.4, 0.5) is 10.2 Å². The molecular weight excluding hydrogens is 397 g/mol. The maximum atomic E-state index is 13.7. The molecule has 8 heteroatoms. The Hall–Kier alpha value is -3.03. The van der Waals surface area contributed by atoms with Gasteiger partial charge < -0.3 is 14.7 Å². The molecule has 0 aliphatic carbocycles. The van der Waals surface area contributed by atoms with Gasteiger partial charge in [0.15, 0.2) is 0 Å². The maximum Gasteiger partial charge on any atom is 0.263 e. The molecule has 0 radical (unpaired) electrons. The van der Waals surface area contributed by atoms with Crippen LogP contribution in [0.25, 0.3) is 11.1 Å². The Morgan fingerprint density at radius 2 is 1.97 bits per heavy atom. The van der Waals surface area contributed by atoms with Gasteiger partial charge in [-0.25, -0.2) is 9.37 Å². The van der Waals surface area contributed by atoms with E-state index < -0.39 is 0 Å². The predicted molar refractivity (Wildman–Crippen MR) is 116 cm³/mol. The van der Waals surface area contributed by atoms with Crippen LogP contribution < -0.4 is 10.2 Å². The van der Waals surface area contributed by atoms with Crippen molar-refractivity contribution < 1.29 is 13.7 Å². The number of halogens is 1. The number of nitrogens with one attached hydrogen (secondary N) is 1. The summed E-state index contributed by atoms with van der Waals surface area (Å²) >= 11 is 0. The molecule has 3 aromatic rings. The number of carbonyl (C=O) groups excluding carboxylic acids is 1. The van der Waals surface area contributed by atoms with Crippen molar-refractivity contribution in [1.82, 2.24) is 20.4 Å². The molecule has 0 saturated carbocycles. The Morgan fingerprint density at radius 1 is 1.23 bits per heavy atom. The lowest BCUT2D eigenvalue weighted by molar-refractivity contribution is -0.121. The summed E-state index contributed by atoms with van der Waals surface area (Å²) in [4.78, 5) is 23.9. The molecule has 2 atom stereocenters. The van der Waals surface area contributed by atoms with Crippen molar-refractivity contribution in [2.24, 2.45) is 11.8 Å². The molecule has 1 saturated heterocycles. The first-order valence-electron chi connectivity index (χ1n) is 10.8. The molecule has 0 spiro atoms. The number of hydrogen-bond acceptors (Lipinski definition) is 6. The third-order valence-corrected chi connectivity index (χ3v) is 5.71. The minimum Gasteiger partial charge on any atom is -0.355 e. The normalized spacial score (nSPS) is 19.0. The van der Waals surface area contributed by atoms with Gasteiger partial charge in [0.2, 0.25) is 5.91 Å². The molecular formula is C23H28FN5O2. The number of piperidine rings is 1. The quantitative estimate of drug-likeness (QED) is 0.647. The summed E-state index contributed by atoms with van der Waals surface area (Å²) in [5, 5.41) is 7.68. The molecule has 1 N–H and O–H groups in total. The largest absolute Gasteiger partial charge is 0.355 e. The first-order valence-corrected chi connectivity index (χ1v) is 10.8. The van der Waals surface area contributed by atoms with E-state index in [9.17, 15) is 9.18 Å². The van der Waals surface area contributed by atoms with Gasteiger partial charge in [-0.15, -0.1) is 0 Å². The van der Waals surface area contributed by atoms with Gasteiger partial charge in [0.05, 0.1) is 5.69 Å². The fourth-order valence-electron chi connectivity index (χ4n) is 4.34. The van der Waals surface area contributed by atoms with E-state index in [0.717, 1.165) is 30.0 Å². The number of rotatable bonds is 6. The molecule has 1 aliphatic rings. The number of amides is 1. The Morgan fingerprint density at radius 3 is 2.71 bits per heavy atom. The van der Waals surface area contributed by atoms with Crippen molar-refractivity contribution in [1.29, 1.82) is 0 Å². The van der Waals surface area contributed by atoms with Crippen LogP contribution in [0, 0.1) is 24.6 Å². The van der Waals surface area contributed by atoms with Crippen molar-refractivity contribution in [2.75, 3.05) is 18.0 Å². The van der Waals surface area contributed by atoms with Gasteiger partial charge in [0, 0.05) is 38.0 Å². The summed E-state index contributed by atoms with van der Waals surface area (Å²) in [6.45, 7) is 8.39. The van der Waals surface area contributed by atoms with Crippen molar-refractivity contribution >= 4 is 22.8 Å². The van der Waals surface area contributed by atoms with E-state index in [2.05, 4.69) is 34.2 Å². The van der Waals surface area contributed by atoms with Crippen LogP contribution in [0.2, 0.25) is 0 Å². The van der Waals surface area contributed by atoms with Crippen molar-refractivity contribution in [3.8, 4) is 0 Å². The number of benzene rings is 1. The zero-order chi connectivity index (χ0) is 22.0. The predicted octanol–water partition coefficient (Wildman–Crippen LogP) is 3.80. The fraction of sp³-hybridized carbons (Fsp3) is 0.478. The second-order valence-corrected chi connectivity index (χ2v) is 8.63. The van der Waals surface area contributed by atoms with Crippen molar-refractivity contribution in [3.63, 3.8) is 0 Å². The summed E-state index contributed by atoms with van der Waals surface area (Å²) in [6, 6.07) is 6.41. The zero-order valence-electron chi connectivity index (χ0n) is 18.2. The highest BCUT2D eigenvalue weighted by Gasteiger charge is 2.27. The summed E-state index contributed by atoms with van der Waals surface area (Å²) in [5.74, 6) is 2.02. The van der Waals surface area contributed by atoms with Crippen LogP contribution in [0.5, 0.6) is 0 Å². The number of nitrogens with zero attached hydrogens (tertiary/aromatic N) is 4. The number of fused-ring (bicyclic) bond motifs is 1. The lowest BCUT2D eigenvalue weighted by atomic mass is 9.92. The summed E-state index contributed by atoms with van der Waals surface area (Å²) in [6.07, 6.45) is 1.77. The Labute approximate surface area is 181 Å². The molecule has 1 aromatic carbocycles. The van der Waals surface area contributed by atoms with Gasteiger partial charge in [-0.3, -0.25) is 4.79 Å². The molecule has 4 rings (SSSR count). The molecule has 2 aromatic heterocycles. The van der Waals surface area contributed by atoms with Gasteiger partial charge in [-0.05, 0) is 31.2 Å². The second-order valence-electron chi connectivity index (χ2n) is 8.63. The third-order valence-electron chi connectivity index (χ3n) is 5.71. The van der Waals surface area contributed by atoms with Gasteiger partial charge in [0.25, 0.3) is 5.71 Å². The smallest absolute Gasteiger partial charge is 0.263 e. The van der Waals surface area contributed by atoms with Gasteiger partial charge in [-0.2, -0.15) is 4.98 Å². The Bertz CT molecular complexity index is 1070. The molecule has 0 bridgehead atoms. The molecule has 31 heavy (non-hydrogen) atoms. The molecule has 1 amide bonds. The first kappa shape index (κ1) is 21.2. The second kappa shape index (κ2) is 8.99. The van der Waals surface area contributed by atoms with Crippen molar-refractivity contribution in [3.05, 3.63) is 47.2 Å². The summed E-state index contributed by atoms with van der Waals surface area (Å²) < 4.78 is 19.2. The van der Waals surface area contributed by atoms with Crippen LogP contribution in [-0.2, 0) is 17.8 Å². The number of aromatic nitrogens is 3. The van der Waals surface area contributed by atoms with E-state index in [0.29, 0.717) is 35.4 Å². The van der Waals surface area contributed by atoms with Gasteiger partial charge in [0.1, 0.15) is 22.8 Å².